The molecule has 1 heterocycles. The Morgan fingerprint density at radius 3 is 2.50 bits per heavy atom. The molecule has 1 aromatic heterocycles. The molecule has 6 heteroatoms. The van der Waals surface area contributed by atoms with Gasteiger partial charge in [0.25, 0.3) is 5.91 Å². The molecule has 0 aliphatic rings. The number of amides is 1. The highest BCUT2D eigenvalue weighted by atomic mass is 35.5. The number of nitrogens with zero attached hydrogens (tertiary/aromatic N) is 3. The number of rotatable bonds is 6. The van der Waals surface area contributed by atoms with Gasteiger partial charge in [-0.1, -0.05) is 54.1 Å². The van der Waals surface area contributed by atoms with Crippen LogP contribution in [0.15, 0.2) is 67.0 Å². The number of nitrogens with one attached hydrogen (secondary N) is 1. The number of halogens is 1. The first kappa shape index (κ1) is 17.9. The van der Waals surface area contributed by atoms with Crippen molar-refractivity contribution in [3.8, 4) is 0 Å². The second-order valence-corrected chi connectivity index (χ2v) is 6.35. The summed E-state index contributed by atoms with van der Waals surface area (Å²) in [5, 5.41) is 3.53. The van der Waals surface area contributed by atoms with Gasteiger partial charge in [-0.25, -0.2) is 9.97 Å². The Kier molecular flexibility index (Phi) is 5.81. The van der Waals surface area contributed by atoms with Crippen LogP contribution in [0.2, 0.25) is 5.02 Å². The lowest BCUT2D eigenvalue weighted by molar-refractivity contribution is 0.0946. The molecule has 3 aromatic rings. The monoisotopic (exact) mass is 366 g/mol. The fourth-order valence-corrected chi connectivity index (χ4v) is 2.62. The Labute approximate surface area is 157 Å². The van der Waals surface area contributed by atoms with E-state index in [0.29, 0.717) is 29.6 Å². The number of hydrogen-bond donors (Lipinski definition) is 1. The number of benzene rings is 2. The van der Waals surface area contributed by atoms with E-state index in [1.165, 1.54) is 11.9 Å². The highest BCUT2D eigenvalue weighted by Gasteiger charge is 2.11. The van der Waals surface area contributed by atoms with Gasteiger partial charge in [-0.3, -0.25) is 4.79 Å². The average molecular weight is 367 g/mol. The molecule has 0 spiro atoms. The summed E-state index contributed by atoms with van der Waals surface area (Å²) in [6, 6.07) is 19.1. The molecule has 2 aromatic carbocycles. The zero-order chi connectivity index (χ0) is 18.4. The lowest BCUT2D eigenvalue weighted by Crippen LogP contribution is -2.25. The SMILES string of the molecule is CN(Cc1ccccc1)c1cc(C(=O)NCc2ccc(Cl)cc2)ncn1. The molecule has 5 nitrogen and oxygen atoms in total. The van der Waals surface area contributed by atoms with Crippen LogP contribution >= 0.6 is 11.6 Å². The topological polar surface area (TPSA) is 58.1 Å². The molecule has 132 valence electrons. The van der Waals surface area contributed by atoms with Crippen molar-refractivity contribution in [3.63, 3.8) is 0 Å². The minimum Gasteiger partial charge on any atom is -0.355 e. The van der Waals surface area contributed by atoms with Gasteiger partial charge in [0.2, 0.25) is 0 Å². The molecule has 0 unspecified atom stereocenters. The molecule has 0 aliphatic carbocycles. The Hall–Kier alpha value is -2.92. The van der Waals surface area contributed by atoms with Crippen molar-refractivity contribution in [3.05, 3.63) is 88.8 Å². The standard InChI is InChI=1S/C20H19ClN4O/c1-25(13-16-5-3-2-4-6-16)19-11-18(23-14-24-19)20(26)22-12-15-7-9-17(21)10-8-15/h2-11,14H,12-13H2,1H3,(H,22,26). The van der Waals surface area contributed by atoms with Crippen LogP contribution in [-0.4, -0.2) is 22.9 Å². The maximum atomic E-state index is 12.4. The first-order chi connectivity index (χ1) is 12.6. The maximum Gasteiger partial charge on any atom is 0.270 e. The summed E-state index contributed by atoms with van der Waals surface area (Å²) in [6.07, 6.45) is 1.41. The van der Waals surface area contributed by atoms with Gasteiger partial charge < -0.3 is 10.2 Å². The minimum atomic E-state index is -0.239. The van der Waals surface area contributed by atoms with Crippen LogP contribution in [0.25, 0.3) is 0 Å². The third-order valence-corrected chi connectivity index (χ3v) is 4.16. The number of anilines is 1. The van der Waals surface area contributed by atoms with E-state index in [-0.39, 0.29) is 5.91 Å². The van der Waals surface area contributed by atoms with Gasteiger partial charge in [0, 0.05) is 31.2 Å². The second kappa shape index (κ2) is 8.45. The van der Waals surface area contributed by atoms with Crippen molar-refractivity contribution in [2.45, 2.75) is 13.1 Å². The number of carbonyl (C=O) groups is 1. The van der Waals surface area contributed by atoms with E-state index >= 15 is 0 Å². The molecule has 0 atom stereocenters. The lowest BCUT2D eigenvalue weighted by atomic mass is 10.2. The smallest absolute Gasteiger partial charge is 0.270 e. The summed E-state index contributed by atoms with van der Waals surface area (Å²) < 4.78 is 0. The molecule has 0 radical (unpaired) electrons. The van der Waals surface area contributed by atoms with Crippen LogP contribution in [0.4, 0.5) is 5.82 Å². The largest absolute Gasteiger partial charge is 0.355 e. The molecule has 0 aliphatic heterocycles. The third-order valence-electron chi connectivity index (χ3n) is 3.91. The Balaban J connectivity index is 1.64. The van der Waals surface area contributed by atoms with E-state index in [1.54, 1.807) is 18.2 Å². The second-order valence-electron chi connectivity index (χ2n) is 5.91. The predicted molar refractivity (Wildman–Crippen MR) is 103 cm³/mol. The fourth-order valence-electron chi connectivity index (χ4n) is 2.49. The van der Waals surface area contributed by atoms with Crippen LogP contribution in [0.5, 0.6) is 0 Å². The van der Waals surface area contributed by atoms with Gasteiger partial charge in [-0.15, -0.1) is 0 Å². The third kappa shape index (κ3) is 4.80. The van der Waals surface area contributed by atoms with Crippen LogP contribution in [0, 0.1) is 0 Å². The highest BCUT2D eigenvalue weighted by Crippen LogP contribution is 2.13. The quantitative estimate of drug-likeness (QED) is 0.722. The van der Waals surface area contributed by atoms with Crippen LogP contribution in [0.3, 0.4) is 0 Å². The number of hydrogen-bond acceptors (Lipinski definition) is 4. The first-order valence-corrected chi connectivity index (χ1v) is 8.59. The molecular weight excluding hydrogens is 348 g/mol. The van der Waals surface area contributed by atoms with E-state index in [0.717, 1.165) is 5.56 Å². The van der Waals surface area contributed by atoms with Crippen LogP contribution in [-0.2, 0) is 13.1 Å². The maximum absolute atomic E-state index is 12.4. The average Bonchev–Trinajstić information content (AvgIpc) is 2.68. The van der Waals surface area contributed by atoms with Gasteiger partial charge in [0.15, 0.2) is 0 Å². The number of aromatic nitrogens is 2. The molecular formula is C20H19ClN4O. The van der Waals surface area contributed by atoms with E-state index < -0.39 is 0 Å². The van der Waals surface area contributed by atoms with Crippen molar-refractivity contribution in [2.75, 3.05) is 11.9 Å². The fraction of sp³-hybridized carbons (Fsp3) is 0.150. The zero-order valence-corrected chi connectivity index (χ0v) is 15.1. The summed E-state index contributed by atoms with van der Waals surface area (Å²) in [5.74, 6) is 0.456. The molecule has 0 fully saturated rings. The Bertz CT molecular complexity index is 868. The van der Waals surface area contributed by atoms with Crippen molar-refractivity contribution >= 4 is 23.3 Å². The number of carbonyl (C=O) groups excluding carboxylic acids is 1. The van der Waals surface area contributed by atoms with Gasteiger partial charge in [-0.2, -0.15) is 0 Å². The van der Waals surface area contributed by atoms with E-state index in [9.17, 15) is 4.79 Å². The van der Waals surface area contributed by atoms with Gasteiger partial charge in [0.1, 0.15) is 17.8 Å². The minimum absolute atomic E-state index is 0.239. The van der Waals surface area contributed by atoms with E-state index in [2.05, 4.69) is 27.4 Å². The molecule has 0 saturated carbocycles. The van der Waals surface area contributed by atoms with Crippen molar-refractivity contribution < 1.29 is 4.79 Å². The van der Waals surface area contributed by atoms with E-state index in [4.69, 9.17) is 11.6 Å². The van der Waals surface area contributed by atoms with Gasteiger partial charge >= 0.3 is 0 Å². The molecule has 0 bridgehead atoms. The summed E-state index contributed by atoms with van der Waals surface area (Å²) in [6.45, 7) is 1.11. The molecule has 1 amide bonds. The van der Waals surface area contributed by atoms with Crippen LogP contribution in [0.1, 0.15) is 21.6 Å². The normalized spacial score (nSPS) is 10.4. The summed E-state index contributed by atoms with van der Waals surface area (Å²) >= 11 is 5.87. The summed E-state index contributed by atoms with van der Waals surface area (Å²) in [5.41, 5.74) is 2.48. The predicted octanol–water partition coefficient (Wildman–Crippen LogP) is 3.70. The van der Waals surface area contributed by atoms with E-state index in [1.807, 2.05) is 42.3 Å². The van der Waals surface area contributed by atoms with Crippen molar-refractivity contribution in [2.24, 2.45) is 0 Å². The van der Waals surface area contributed by atoms with Gasteiger partial charge in [-0.05, 0) is 23.3 Å². The van der Waals surface area contributed by atoms with Crippen molar-refractivity contribution in [1.29, 1.82) is 0 Å². The Morgan fingerprint density at radius 2 is 1.77 bits per heavy atom. The van der Waals surface area contributed by atoms with Crippen LogP contribution < -0.4 is 10.2 Å². The summed E-state index contributed by atoms with van der Waals surface area (Å²) in [4.78, 5) is 22.7. The molecule has 0 saturated heterocycles. The zero-order valence-electron chi connectivity index (χ0n) is 14.4. The Morgan fingerprint density at radius 1 is 1.04 bits per heavy atom. The molecule has 3 rings (SSSR count). The van der Waals surface area contributed by atoms with Gasteiger partial charge in [0.05, 0.1) is 0 Å². The molecule has 26 heavy (non-hydrogen) atoms. The van der Waals surface area contributed by atoms with Crippen molar-refractivity contribution in [1.82, 2.24) is 15.3 Å². The lowest BCUT2D eigenvalue weighted by Gasteiger charge is -2.18. The summed E-state index contributed by atoms with van der Waals surface area (Å²) in [7, 11) is 1.94. The highest BCUT2D eigenvalue weighted by molar-refractivity contribution is 6.30. The molecule has 1 N–H and O–H groups in total. The first-order valence-electron chi connectivity index (χ1n) is 8.21.